The zero-order valence-corrected chi connectivity index (χ0v) is 13.2. The highest BCUT2D eigenvalue weighted by molar-refractivity contribution is 5.85. The third-order valence-electron chi connectivity index (χ3n) is 2.85. The van der Waals surface area contributed by atoms with Crippen molar-refractivity contribution in [3.63, 3.8) is 0 Å². The zero-order chi connectivity index (χ0) is 15.9. The summed E-state index contributed by atoms with van der Waals surface area (Å²) in [5, 5.41) is 5.58. The van der Waals surface area contributed by atoms with Gasteiger partial charge in [-0.25, -0.2) is 0 Å². The smallest absolute Gasteiger partial charge is 0.406 e. The van der Waals surface area contributed by atoms with Crippen LogP contribution in [0.25, 0.3) is 0 Å². The Morgan fingerprint density at radius 3 is 2.55 bits per heavy atom. The summed E-state index contributed by atoms with van der Waals surface area (Å²) < 4.78 is 40.7. The predicted octanol–water partition coefficient (Wildman–Crippen LogP) is 2.52. The van der Waals surface area contributed by atoms with Crippen LogP contribution in [0.4, 0.5) is 13.2 Å². The summed E-state index contributed by atoms with van der Waals surface area (Å²) in [6.45, 7) is 2.57. The summed E-state index contributed by atoms with van der Waals surface area (Å²) in [6, 6.07) is 5.90. The minimum Gasteiger partial charge on any atom is -0.406 e. The van der Waals surface area contributed by atoms with Crippen LogP contribution in [0.5, 0.6) is 5.75 Å². The number of benzene rings is 1. The fraction of sp³-hybridized carbons (Fsp3) is 0.500. The highest BCUT2D eigenvalue weighted by atomic mass is 35.5. The van der Waals surface area contributed by atoms with E-state index in [2.05, 4.69) is 15.4 Å². The molecule has 1 aromatic rings. The average molecular weight is 341 g/mol. The van der Waals surface area contributed by atoms with E-state index in [1.807, 2.05) is 0 Å². The molecule has 0 aliphatic heterocycles. The van der Waals surface area contributed by atoms with Gasteiger partial charge >= 0.3 is 6.36 Å². The second kappa shape index (κ2) is 9.53. The Kier molecular flexibility index (Phi) is 8.89. The predicted molar refractivity (Wildman–Crippen MR) is 80.2 cm³/mol. The molecule has 0 saturated carbocycles. The Bertz CT molecular complexity index is 470. The van der Waals surface area contributed by atoms with Gasteiger partial charge in [0.15, 0.2) is 0 Å². The monoisotopic (exact) mass is 340 g/mol. The first-order valence-corrected chi connectivity index (χ1v) is 6.59. The van der Waals surface area contributed by atoms with Crippen LogP contribution in [0, 0.1) is 5.92 Å². The second-order valence-corrected chi connectivity index (χ2v) is 4.66. The number of hydrogen-bond acceptors (Lipinski definition) is 3. The summed E-state index contributed by atoms with van der Waals surface area (Å²) in [7, 11) is 1.74. The number of nitrogens with one attached hydrogen (secondary N) is 2. The molecule has 0 aromatic heterocycles. The summed E-state index contributed by atoms with van der Waals surface area (Å²) in [6.07, 6.45) is -4.45. The van der Waals surface area contributed by atoms with E-state index in [9.17, 15) is 18.0 Å². The molecule has 1 unspecified atom stereocenters. The molecule has 1 amide bonds. The molecule has 0 spiro atoms. The second-order valence-electron chi connectivity index (χ2n) is 4.66. The summed E-state index contributed by atoms with van der Waals surface area (Å²) in [5.41, 5.74) is 0.399. The zero-order valence-electron chi connectivity index (χ0n) is 12.4. The lowest BCUT2D eigenvalue weighted by atomic mass is 10.1. The van der Waals surface area contributed by atoms with Crippen LogP contribution in [-0.4, -0.2) is 32.4 Å². The first kappa shape index (κ1) is 20.5. The molecule has 0 bridgehead atoms. The molecule has 4 nitrogen and oxygen atoms in total. The normalized spacial score (nSPS) is 12.2. The topological polar surface area (TPSA) is 50.4 Å². The summed E-state index contributed by atoms with van der Waals surface area (Å²) in [4.78, 5) is 11.7. The molecule has 0 aliphatic carbocycles. The Hall–Kier alpha value is -1.47. The molecule has 1 aromatic carbocycles. The molecule has 22 heavy (non-hydrogen) atoms. The highest BCUT2D eigenvalue weighted by Gasteiger charge is 2.31. The van der Waals surface area contributed by atoms with E-state index in [0.29, 0.717) is 12.1 Å². The number of carbonyl (C=O) groups excluding carboxylic acids is 1. The van der Waals surface area contributed by atoms with Gasteiger partial charge in [-0.1, -0.05) is 25.1 Å². The van der Waals surface area contributed by atoms with Gasteiger partial charge in [0, 0.05) is 19.0 Å². The Balaban J connectivity index is 0.00000441. The average Bonchev–Trinajstić information content (AvgIpc) is 2.39. The van der Waals surface area contributed by atoms with Gasteiger partial charge in [-0.05, 0) is 25.1 Å². The van der Waals surface area contributed by atoms with Gasteiger partial charge in [-0.3, -0.25) is 4.79 Å². The van der Waals surface area contributed by atoms with Crippen LogP contribution < -0.4 is 15.4 Å². The van der Waals surface area contributed by atoms with Crippen LogP contribution in [-0.2, 0) is 11.2 Å². The van der Waals surface area contributed by atoms with Crippen LogP contribution >= 0.6 is 12.4 Å². The molecule has 0 heterocycles. The number of rotatable bonds is 7. The number of para-hydroxylation sites is 1. The van der Waals surface area contributed by atoms with Gasteiger partial charge < -0.3 is 15.4 Å². The van der Waals surface area contributed by atoms with Gasteiger partial charge in [0.25, 0.3) is 0 Å². The maximum absolute atomic E-state index is 12.3. The van der Waals surface area contributed by atoms with Crippen molar-refractivity contribution in [2.24, 2.45) is 5.92 Å². The number of halogens is 4. The van der Waals surface area contributed by atoms with E-state index in [4.69, 9.17) is 0 Å². The number of amides is 1. The van der Waals surface area contributed by atoms with Crippen molar-refractivity contribution in [2.45, 2.75) is 19.7 Å². The molecule has 8 heteroatoms. The highest BCUT2D eigenvalue weighted by Crippen LogP contribution is 2.26. The molecule has 126 valence electrons. The van der Waals surface area contributed by atoms with Crippen molar-refractivity contribution in [3.05, 3.63) is 29.8 Å². The van der Waals surface area contributed by atoms with Crippen molar-refractivity contribution in [1.29, 1.82) is 0 Å². The van der Waals surface area contributed by atoms with E-state index in [1.165, 1.54) is 12.1 Å². The maximum atomic E-state index is 12.3. The number of hydrogen-bond donors (Lipinski definition) is 2. The standard InChI is InChI=1S/C14H19F3N2O2.ClH/c1-10(9-18-2)13(20)19-8-7-11-5-3-4-6-12(11)21-14(15,16)17;/h3-6,10,18H,7-9H2,1-2H3,(H,19,20);1H. The molecule has 0 saturated heterocycles. The lowest BCUT2D eigenvalue weighted by Gasteiger charge is -2.14. The van der Waals surface area contributed by atoms with Gasteiger partial charge in [0.05, 0.1) is 0 Å². The molecule has 1 atom stereocenters. The Labute approximate surface area is 133 Å². The fourth-order valence-electron chi connectivity index (χ4n) is 1.83. The lowest BCUT2D eigenvalue weighted by molar-refractivity contribution is -0.274. The third kappa shape index (κ3) is 7.51. The lowest BCUT2D eigenvalue weighted by Crippen LogP contribution is -2.35. The first-order chi connectivity index (χ1) is 9.83. The Morgan fingerprint density at radius 2 is 1.95 bits per heavy atom. The van der Waals surface area contributed by atoms with Gasteiger partial charge in [0.1, 0.15) is 5.75 Å². The SMILES string of the molecule is CNCC(C)C(=O)NCCc1ccccc1OC(F)(F)F.Cl. The van der Waals surface area contributed by atoms with E-state index < -0.39 is 6.36 Å². The molecule has 0 aliphatic rings. The first-order valence-electron chi connectivity index (χ1n) is 6.59. The minimum absolute atomic E-state index is 0. The summed E-state index contributed by atoms with van der Waals surface area (Å²) >= 11 is 0. The molecule has 2 N–H and O–H groups in total. The van der Waals surface area contributed by atoms with Crippen LogP contribution in [0.1, 0.15) is 12.5 Å². The molecule has 0 radical (unpaired) electrons. The minimum atomic E-state index is -4.72. The summed E-state index contributed by atoms with van der Waals surface area (Å²) in [5.74, 6) is -0.572. The largest absolute Gasteiger partial charge is 0.573 e. The van der Waals surface area contributed by atoms with Crippen LogP contribution in [0.15, 0.2) is 24.3 Å². The van der Waals surface area contributed by atoms with E-state index >= 15 is 0 Å². The van der Waals surface area contributed by atoms with Crippen molar-refractivity contribution < 1.29 is 22.7 Å². The number of carbonyl (C=O) groups is 1. The van der Waals surface area contributed by atoms with Gasteiger partial charge in [0.2, 0.25) is 5.91 Å². The van der Waals surface area contributed by atoms with E-state index in [-0.39, 0.29) is 42.9 Å². The number of ether oxygens (including phenoxy) is 1. The van der Waals surface area contributed by atoms with Gasteiger partial charge in [-0.15, -0.1) is 25.6 Å². The van der Waals surface area contributed by atoms with E-state index in [1.54, 1.807) is 26.1 Å². The van der Waals surface area contributed by atoms with Crippen LogP contribution in [0.3, 0.4) is 0 Å². The van der Waals surface area contributed by atoms with Gasteiger partial charge in [-0.2, -0.15) is 0 Å². The quantitative estimate of drug-likeness (QED) is 0.802. The fourth-order valence-corrected chi connectivity index (χ4v) is 1.83. The number of alkyl halides is 3. The van der Waals surface area contributed by atoms with E-state index in [0.717, 1.165) is 0 Å². The van der Waals surface area contributed by atoms with Crippen molar-refractivity contribution >= 4 is 18.3 Å². The molecular weight excluding hydrogens is 321 g/mol. The van der Waals surface area contributed by atoms with Crippen molar-refractivity contribution in [3.8, 4) is 5.75 Å². The molecule has 1 rings (SSSR count). The third-order valence-corrected chi connectivity index (χ3v) is 2.85. The Morgan fingerprint density at radius 1 is 1.32 bits per heavy atom. The molecular formula is C14H20ClF3N2O2. The van der Waals surface area contributed by atoms with Crippen molar-refractivity contribution in [1.82, 2.24) is 10.6 Å². The maximum Gasteiger partial charge on any atom is 0.573 e. The molecule has 0 fully saturated rings. The van der Waals surface area contributed by atoms with Crippen molar-refractivity contribution in [2.75, 3.05) is 20.1 Å². The van der Waals surface area contributed by atoms with Crippen LogP contribution in [0.2, 0.25) is 0 Å².